The first-order valence-electron chi connectivity index (χ1n) is 6.10. The van der Waals surface area contributed by atoms with Gasteiger partial charge in [0.05, 0.1) is 16.9 Å². The number of halogens is 1. The molecule has 0 saturated carbocycles. The first kappa shape index (κ1) is 13.0. The van der Waals surface area contributed by atoms with Gasteiger partial charge in [-0.2, -0.15) is 0 Å². The second-order valence-corrected chi connectivity index (χ2v) is 4.62. The minimum atomic E-state index is -1.22. The Morgan fingerprint density at radius 1 is 1.19 bits per heavy atom. The molecule has 0 aliphatic rings. The number of hydrogen-bond acceptors (Lipinski definition) is 3. The summed E-state index contributed by atoms with van der Waals surface area (Å²) in [6.07, 6.45) is 1.28. The van der Waals surface area contributed by atoms with E-state index in [1.54, 1.807) is 16.5 Å². The number of carboxylic acid groups (broad SMARTS) is 1. The summed E-state index contributed by atoms with van der Waals surface area (Å²) in [5, 5.41) is 18.7. The van der Waals surface area contributed by atoms with Crippen LogP contribution in [-0.4, -0.2) is 20.6 Å². The second kappa shape index (κ2) is 4.52. The number of aromatic hydroxyl groups is 1. The molecule has 6 heteroatoms. The van der Waals surface area contributed by atoms with Gasteiger partial charge in [-0.15, -0.1) is 0 Å². The van der Waals surface area contributed by atoms with E-state index in [1.165, 1.54) is 30.5 Å². The highest BCUT2D eigenvalue weighted by atomic mass is 19.1. The largest absolute Gasteiger partial charge is 0.507 e. The van der Waals surface area contributed by atoms with Gasteiger partial charge in [0, 0.05) is 11.8 Å². The number of hydrogen-bond donors (Lipinski definition) is 3. The molecule has 1 aromatic carbocycles. The average Bonchev–Trinajstić information content (AvgIpc) is 2.75. The Kier molecular flexibility index (Phi) is 2.79. The van der Waals surface area contributed by atoms with E-state index < -0.39 is 11.8 Å². The maximum atomic E-state index is 13.4. The van der Waals surface area contributed by atoms with Crippen molar-refractivity contribution in [1.29, 1.82) is 0 Å². The van der Waals surface area contributed by atoms with Crippen LogP contribution in [-0.2, 0) is 0 Å². The average molecular weight is 286 g/mol. The first-order chi connectivity index (χ1) is 9.97. The number of phenols is 1. The SMILES string of the molecule is Nc1cc(-c2ccc(C(=O)O)c(O)c2)n2cc(F)ccc12. The van der Waals surface area contributed by atoms with Gasteiger partial charge in [-0.05, 0) is 30.3 Å². The van der Waals surface area contributed by atoms with Gasteiger partial charge in [0.1, 0.15) is 17.1 Å². The van der Waals surface area contributed by atoms with E-state index in [0.717, 1.165) is 0 Å². The Labute approximate surface area is 118 Å². The molecule has 3 aromatic rings. The molecule has 106 valence electrons. The summed E-state index contributed by atoms with van der Waals surface area (Å²) in [5.74, 6) is -2.00. The lowest BCUT2D eigenvalue weighted by Crippen LogP contribution is -1.97. The fraction of sp³-hybridized carbons (Fsp3) is 0. The third-order valence-corrected chi connectivity index (χ3v) is 3.28. The highest BCUT2D eigenvalue weighted by molar-refractivity contribution is 5.92. The van der Waals surface area contributed by atoms with Crippen molar-refractivity contribution < 1.29 is 19.4 Å². The number of nitrogens with two attached hydrogens (primary N) is 1. The van der Waals surface area contributed by atoms with E-state index in [2.05, 4.69) is 0 Å². The smallest absolute Gasteiger partial charge is 0.339 e. The van der Waals surface area contributed by atoms with E-state index in [0.29, 0.717) is 22.5 Å². The van der Waals surface area contributed by atoms with Crippen molar-refractivity contribution >= 4 is 17.2 Å². The van der Waals surface area contributed by atoms with Crippen molar-refractivity contribution in [2.45, 2.75) is 0 Å². The van der Waals surface area contributed by atoms with Crippen molar-refractivity contribution in [2.24, 2.45) is 0 Å². The van der Waals surface area contributed by atoms with Gasteiger partial charge >= 0.3 is 5.97 Å². The van der Waals surface area contributed by atoms with Gasteiger partial charge in [-0.25, -0.2) is 9.18 Å². The van der Waals surface area contributed by atoms with Crippen LogP contribution in [0, 0.1) is 5.82 Å². The molecule has 3 rings (SSSR count). The maximum absolute atomic E-state index is 13.4. The molecule has 2 aromatic heterocycles. The summed E-state index contributed by atoms with van der Waals surface area (Å²) in [5.41, 5.74) is 7.88. The number of carbonyl (C=O) groups is 1. The number of aromatic nitrogens is 1. The quantitative estimate of drug-likeness (QED) is 0.676. The Morgan fingerprint density at radius 2 is 1.95 bits per heavy atom. The minimum absolute atomic E-state index is 0.196. The van der Waals surface area contributed by atoms with Crippen molar-refractivity contribution in [1.82, 2.24) is 4.40 Å². The predicted molar refractivity (Wildman–Crippen MR) is 75.8 cm³/mol. The molecular weight excluding hydrogens is 275 g/mol. The molecule has 0 atom stereocenters. The Balaban J connectivity index is 2.23. The molecule has 0 amide bonds. The van der Waals surface area contributed by atoms with Crippen LogP contribution in [0.15, 0.2) is 42.6 Å². The normalized spacial score (nSPS) is 10.9. The maximum Gasteiger partial charge on any atom is 0.339 e. The zero-order valence-corrected chi connectivity index (χ0v) is 10.7. The molecule has 4 N–H and O–H groups in total. The van der Waals surface area contributed by atoms with Gasteiger partial charge in [0.2, 0.25) is 0 Å². The van der Waals surface area contributed by atoms with E-state index >= 15 is 0 Å². The highest BCUT2D eigenvalue weighted by Gasteiger charge is 2.14. The molecule has 0 saturated heterocycles. The van der Waals surface area contributed by atoms with E-state index in [9.17, 15) is 14.3 Å². The lowest BCUT2D eigenvalue weighted by Gasteiger charge is -2.06. The molecule has 0 radical (unpaired) electrons. The van der Waals surface area contributed by atoms with Gasteiger partial charge in [-0.3, -0.25) is 0 Å². The Morgan fingerprint density at radius 3 is 2.62 bits per heavy atom. The van der Waals surface area contributed by atoms with Crippen molar-refractivity contribution in [3.8, 4) is 17.0 Å². The standard InChI is InChI=1S/C15H11FN2O3/c16-9-2-4-12-11(17)6-13(18(12)7-9)8-1-3-10(15(20)21)14(19)5-8/h1-7,19H,17H2,(H,20,21). The topological polar surface area (TPSA) is 88.0 Å². The zero-order valence-electron chi connectivity index (χ0n) is 10.7. The number of nitrogens with zero attached hydrogens (tertiary/aromatic N) is 1. The molecule has 0 aliphatic heterocycles. The number of anilines is 1. The molecule has 0 fully saturated rings. The Hall–Kier alpha value is -3.02. The summed E-state index contributed by atoms with van der Waals surface area (Å²) in [4.78, 5) is 10.9. The van der Waals surface area contributed by atoms with E-state index in [4.69, 9.17) is 10.8 Å². The fourth-order valence-corrected chi connectivity index (χ4v) is 2.29. The summed E-state index contributed by atoms with van der Waals surface area (Å²) in [6, 6.07) is 8.65. The lowest BCUT2D eigenvalue weighted by atomic mass is 10.1. The van der Waals surface area contributed by atoms with Crippen LogP contribution in [0.4, 0.5) is 10.1 Å². The van der Waals surface area contributed by atoms with Crippen LogP contribution in [0.25, 0.3) is 16.8 Å². The van der Waals surface area contributed by atoms with Crippen molar-refractivity contribution in [3.63, 3.8) is 0 Å². The summed E-state index contributed by atoms with van der Waals surface area (Å²) in [6.45, 7) is 0. The van der Waals surface area contributed by atoms with Crippen molar-refractivity contribution in [2.75, 3.05) is 5.73 Å². The molecule has 5 nitrogen and oxygen atoms in total. The van der Waals surface area contributed by atoms with Crippen LogP contribution >= 0.6 is 0 Å². The monoisotopic (exact) mass is 286 g/mol. The van der Waals surface area contributed by atoms with Gasteiger partial charge < -0.3 is 20.3 Å². The molecule has 0 spiro atoms. The number of pyridine rings is 1. The Bertz CT molecular complexity index is 871. The molecule has 21 heavy (non-hydrogen) atoms. The van der Waals surface area contributed by atoms with Gasteiger partial charge in [0.15, 0.2) is 0 Å². The van der Waals surface area contributed by atoms with Gasteiger partial charge in [0.25, 0.3) is 0 Å². The van der Waals surface area contributed by atoms with E-state index in [-0.39, 0.29) is 11.3 Å². The van der Waals surface area contributed by atoms with Crippen LogP contribution in [0.5, 0.6) is 5.75 Å². The number of fused-ring (bicyclic) bond motifs is 1. The number of carboxylic acids is 1. The molecule has 0 bridgehead atoms. The van der Waals surface area contributed by atoms with Crippen LogP contribution in [0.2, 0.25) is 0 Å². The molecular formula is C15H11FN2O3. The number of aromatic carboxylic acids is 1. The van der Waals surface area contributed by atoms with Crippen LogP contribution < -0.4 is 5.73 Å². The van der Waals surface area contributed by atoms with Gasteiger partial charge in [-0.1, -0.05) is 6.07 Å². The summed E-state index contributed by atoms with van der Waals surface area (Å²) in [7, 11) is 0. The number of rotatable bonds is 2. The fourth-order valence-electron chi connectivity index (χ4n) is 2.29. The predicted octanol–water partition coefficient (Wildman–Crippen LogP) is 2.73. The summed E-state index contributed by atoms with van der Waals surface area (Å²) < 4.78 is 15.0. The minimum Gasteiger partial charge on any atom is -0.507 e. The molecule has 0 unspecified atom stereocenters. The highest BCUT2D eigenvalue weighted by Crippen LogP contribution is 2.31. The number of nitrogen functional groups attached to an aromatic ring is 1. The number of benzene rings is 1. The second-order valence-electron chi connectivity index (χ2n) is 4.62. The van der Waals surface area contributed by atoms with E-state index in [1.807, 2.05) is 0 Å². The first-order valence-corrected chi connectivity index (χ1v) is 6.10. The summed E-state index contributed by atoms with van der Waals surface area (Å²) >= 11 is 0. The zero-order chi connectivity index (χ0) is 15.1. The van der Waals surface area contributed by atoms with Crippen LogP contribution in [0.1, 0.15) is 10.4 Å². The van der Waals surface area contributed by atoms with Crippen molar-refractivity contribution in [3.05, 3.63) is 54.0 Å². The lowest BCUT2D eigenvalue weighted by molar-refractivity contribution is 0.0694. The molecule has 2 heterocycles. The molecule has 0 aliphatic carbocycles. The third kappa shape index (κ3) is 2.06. The van der Waals surface area contributed by atoms with Crippen LogP contribution in [0.3, 0.4) is 0 Å². The third-order valence-electron chi connectivity index (χ3n) is 3.28.